The summed E-state index contributed by atoms with van der Waals surface area (Å²) >= 11 is 5.99. The summed E-state index contributed by atoms with van der Waals surface area (Å²) < 4.78 is 1.73. The summed E-state index contributed by atoms with van der Waals surface area (Å²) in [6.45, 7) is 2.56. The predicted octanol–water partition coefficient (Wildman–Crippen LogP) is 3.47. The predicted molar refractivity (Wildman–Crippen MR) is 92.9 cm³/mol. The van der Waals surface area contributed by atoms with Crippen LogP contribution >= 0.6 is 11.6 Å². The first-order valence-electron chi connectivity index (χ1n) is 7.59. The van der Waals surface area contributed by atoms with E-state index >= 15 is 0 Å². The minimum Gasteiger partial charge on any atom is -0.346 e. The molecule has 1 atom stereocenters. The van der Waals surface area contributed by atoms with Gasteiger partial charge in [-0.2, -0.15) is 5.10 Å². The zero-order chi connectivity index (χ0) is 16.9. The molecular weight excluding hydrogens is 324 g/mol. The third kappa shape index (κ3) is 4.00. The molecule has 122 valence electrons. The highest BCUT2D eigenvalue weighted by Crippen LogP contribution is 2.18. The fraction of sp³-hybridized carbons (Fsp3) is 0.167. The monoisotopic (exact) mass is 340 g/mol. The lowest BCUT2D eigenvalue weighted by molar-refractivity contribution is 0.0940. The van der Waals surface area contributed by atoms with Gasteiger partial charge in [-0.3, -0.25) is 4.79 Å². The van der Waals surface area contributed by atoms with Gasteiger partial charge in [0, 0.05) is 10.6 Å². The molecule has 1 aromatic heterocycles. The lowest BCUT2D eigenvalue weighted by Gasteiger charge is -2.15. The van der Waals surface area contributed by atoms with E-state index in [4.69, 9.17) is 11.6 Å². The third-order valence-electron chi connectivity index (χ3n) is 3.72. The molecule has 1 heterocycles. The van der Waals surface area contributed by atoms with E-state index in [9.17, 15) is 4.79 Å². The van der Waals surface area contributed by atoms with Crippen molar-refractivity contribution in [3.05, 3.63) is 82.9 Å². The highest BCUT2D eigenvalue weighted by Gasteiger charge is 2.11. The van der Waals surface area contributed by atoms with Crippen LogP contribution in [0.3, 0.4) is 0 Å². The number of amides is 1. The smallest absolute Gasteiger partial charge is 0.251 e. The Morgan fingerprint density at radius 3 is 2.71 bits per heavy atom. The summed E-state index contributed by atoms with van der Waals surface area (Å²) in [6, 6.07) is 14.8. The summed E-state index contributed by atoms with van der Waals surface area (Å²) in [5.41, 5.74) is 2.64. The maximum Gasteiger partial charge on any atom is 0.251 e. The van der Waals surface area contributed by atoms with E-state index in [2.05, 4.69) is 15.4 Å². The first-order valence-corrected chi connectivity index (χ1v) is 7.97. The Hall–Kier alpha value is -2.66. The standard InChI is InChI=1S/C18H17ClN4O/c1-13(16-3-2-4-17(19)9-16)22-18(24)15-7-5-14(6-8-15)10-23-12-20-11-21-23/h2-9,11-13H,10H2,1H3,(H,22,24). The normalized spacial score (nSPS) is 11.9. The second-order valence-electron chi connectivity index (χ2n) is 5.54. The molecule has 3 rings (SSSR count). The Kier molecular flexibility index (Phi) is 4.91. The minimum absolute atomic E-state index is 0.116. The van der Waals surface area contributed by atoms with Gasteiger partial charge < -0.3 is 5.32 Å². The maximum absolute atomic E-state index is 12.4. The van der Waals surface area contributed by atoms with E-state index in [0.717, 1.165) is 11.1 Å². The molecule has 24 heavy (non-hydrogen) atoms. The molecule has 0 bridgehead atoms. The van der Waals surface area contributed by atoms with Gasteiger partial charge in [0.1, 0.15) is 12.7 Å². The maximum atomic E-state index is 12.4. The number of rotatable bonds is 5. The van der Waals surface area contributed by atoms with Gasteiger partial charge in [-0.05, 0) is 42.3 Å². The van der Waals surface area contributed by atoms with E-state index in [1.165, 1.54) is 6.33 Å². The van der Waals surface area contributed by atoms with E-state index < -0.39 is 0 Å². The molecule has 5 nitrogen and oxygen atoms in total. The van der Waals surface area contributed by atoms with Gasteiger partial charge >= 0.3 is 0 Å². The van der Waals surface area contributed by atoms with Gasteiger partial charge in [0.05, 0.1) is 12.6 Å². The average molecular weight is 341 g/mol. The number of nitrogens with zero attached hydrogens (tertiary/aromatic N) is 3. The number of aromatic nitrogens is 3. The fourth-order valence-corrected chi connectivity index (χ4v) is 2.60. The van der Waals surface area contributed by atoms with Crippen LogP contribution in [0.15, 0.2) is 61.2 Å². The number of nitrogens with one attached hydrogen (secondary N) is 1. The molecule has 3 aromatic rings. The summed E-state index contributed by atoms with van der Waals surface area (Å²) in [5, 5.41) is 7.70. The Labute approximate surface area is 145 Å². The van der Waals surface area contributed by atoms with Crippen LogP contribution in [0.25, 0.3) is 0 Å². The minimum atomic E-state index is -0.119. The van der Waals surface area contributed by atoms with Gasteiger partial charge in [0.2, 0.25) is 0 Å². The molecule has 0 aliphatic carbocycles. The first-order chi connectivity index (χ1) is 11.6. The van der Waals surface area contributed by atoms with Gasteiger partial charge in [0.25, 0.3) is 5.91 Å². The number of hydrogen-bond donors (Lipinski definition) is 1. The second kappa shape index (κ2) is 7.27. The lowest BCUT2D eigenvalue weighted by Crippen LogP contribution is -2.26. The van der Waals surface area contributed by atoms with Gasteiger partial charge in [-0.15, -0.1) is 0 Å². The first kappa shape index (κ1) is 16.2. The SMILES string of the molecule is CC(NC(=O)c1ccc(Cn2cncn2)cc1)c1cccc(Cl)c1. The van der Waals surface area contributed by atoms with Crippen molar-refractivity contribution < 1.29 is 4.79 Å². The topological polar surface area (TPSA) is 59.8 Å². The molecule has 6 heteroatoms. The van der Waals surface area contributed by atoms with E-state index in [1.807, 2.05) is 55.5 Å². The van der Waals surface area contributed by atoms with Crippen LogP contribution in [0.5, 0.6) is 0 Å². The fourth-order valence-electron chi connectivity index (χ4n) is 2.40. The largest absolute Gasteiger partial charge is 0.346 e. The molecule has 0 aliphatic rings. The Morgan fingerprint density at radius 2 is 2.04 bits per heavy atom. The quantitative estimate of drug-likeness (QED) is 0.773. The van der Waals surface area contributed by atoms with Crippen molar-refractivity contribution in [3.8, 4) is 0 Å². The molecule has 0 spiro atoms. The Balaban J connectivity index is 1.64. The van der Waals surface area contributed by atoms with Crippen molar-refractivity contribution in [3.63, 3.8) is 0 Å². The van der Waals surface area contributed by atoms with Crippen molar-refractivity contribution in [1.29, 1.82) is 0 Å². The highest BCUT2D eigenvalue weighted by atomic mass is 35.5. The van der Waals surface area contributed by atoms with Crippen molar-refractivity contribution in [2.24, 2.45) is 0 Å². The third-order valence-corrected chi connectivity index (χ3v) is 3.96. The lowest BCUT2D eigenvalue weighted by atomic mass is 10.1. The van der Waals surface area contributed by atoms with Crippen LogP contribution in [0, 0.1) is 0 Å². The molecular formula is C18H17ClN4O. The Bertz CT molecular complexity index is 815. The summed E-state index contributed by atoms with van der Waals surface area (Å²) in [6.07, 6.45) is 3.16. The number of carbonyl (C=O) groups is 1. The number of carbonyl (C=O) groups excluding carboxylic acids is 1. The van der Waals surface area contributed by atoms with E-state index in [-0.39, 0.29) is 11.9 Å². The molecule has 1 N–H and O–H groups in total. The molecule has 1 amide bonds. The van der Waals surface area contributed by atoms with Gasteiger partial charge in [0.15, 0.2) is 0 Å². The number of hydrogen-bond acceptors (Lipinski definition) is 3. The van der Waals surface area contributed by atoms with Crippen LogP contribution in [-0.2, 0) is 6.54 Å². The van der Waals surface area contributed by atoms with Gasteiger partial charge in [-0.1, -0.05) is 35.9 Å². The van der Waals surface area contributed by atoms with Crippen LogP contribution < -0.4 is 5.32 Å². The zero-order valence-corrected chi connectivity index (χ0v) is 13.9. The molecule has 0 saturated heterocycles. The number of benzene rings is 2. The van der Waals surface area contributed by atoms with Crippen LogP contribution in [0.4, 0.5) is 0 Å². The van der Waals surface area contributed by atoms with Crippen LogP contribution in [0.1, 0.15) is 34.5 Å². The summed E-state index contributed by atoms with van der Waals surface area (Å²) in [7, 11) is 0. The Morgan fingerprint density at radius 1 is 1.25 bits per heavy atom. The van der Waals surface area contributed by atoms with Crippen molar-refractivity contribution in [2.45, 2.75) is 19.5 Å². The van der Waals surface area contributed by atoms with Crippen molar-refractivity contribution >= 4 is 17.5 Å². The van der Waals surface area contributed by atoms with Crippen LogP contribution in [0.2, 0.25) is 5.02 Å². The second-order valence-corrected chi connectivity index (χ2v) is 5.98. The zero-order valence-electron chi connectivity index (χ0n) is 13.2. The van der Waals surface area contributed by atoms with Crippen LogP contribution in [-0.4, -0.2) is 20.7 Å². The van der Waals surface area contributed by atoms with E-state index in [1.54, 1.807) is 11.0 Å². The molecule has 0 radical (unpaired) electrons. The van der Waals surface area contributed by atoms with Crippen molar-refractivity contribution in [1.82, 2.24) is 20.1 Å². The van der Waals surface area contributed by atoms with E-state index in [0.29, 0.717) is 17.1 Å². The number of halogens is 1. The van der Waals surface area contributed by atoms with Gasteiger partial charge in [-0.25, -0.2) is 9.67 Å². The highest BCUT2D eigenvalue weighted by molar-refractivity contribution is 6.30. The summed E-state index contributed by atoms with van der Waals surface area (Å²) in [4.78, 5) is 16.3. The molecule has 0 aliphatic heterocycles. The molecule has 0 saturated carbocycles. The average Bonchev–Trinajstić information content (AvgIpc) is 3.08. The molecule has 0 fully saturated rings. The van der Waals surface area contributed by atoms with Crippen molar-refractivity contribution in [2.75, 3.05) is 0 Å². The molecule has 2 aromatic carbocycles. The summed E-state index contributed by atoms with van der Waals surface area (Å²) in [5.74, 6) is -0.116. The molecule has 1 unspecified atom stereocenters.